The van der Waals surface area contributed by atoms with Crippen molar-refractivity contribution in [3.8, 4) is 11.8 Å². The number of amides is 2. The lowest BCUT2D eigenvalue weighted by Crippen LogP contribution is -2.43. The average molecular weight is 289 g/mol. The smallest absolute Gasteiger partial charge is 0.252 e. The fourth-order valence-corrected chi connectivity index (χ4v) is 1.64. The van der Waals surface area contributed by atoms with E-state index in [1.165, 1.54) is 12.4 Å². The first-order valence-electron chi connectivity index (χ1n) is 6.46. The molecule has 0 fully saturated rings. The van der Waals surface area contributed by atoms with Gasteiger partial charge in [-0.1, -0.05) is 11.8 Å². The summed E-state index contributed by atoms with van der Waals surface area (Å²) in [6, 6.07) is 1.55. The van der Waals surface area contributed by atoms with E-state index < -0.39 is 5.41 Å². The van der Waals surface area contributed by atoms with Crippen molar-refractivity contribution in [2.24, 2.45) is 5.41 Å². The minimum Gasteiger partial charge on any atom is -0.384 e. The molecular formula is C15H19N3O3. The van der Waals surface area contributed by atoms with Crippen molar-refractivity contribution in [3.05, 3.63) is 29.6 Å². The van der Waals surface area contributed by atoms with Crippen molar-refractivity contribution >= 4 is 11.8 Å². The third-order valence-electron chi connectivity index (χ3n) is 2.90. The maximum absolute atomic E-state index is 12.2. The van der Waals surface area contributed by atoms with Gasteiger partial charge in [-0.15, -0.1) is 0 Å². The predicted octanol–water partition coefficient (Wildman–Crippen LogP) is -0.0726. The molecule has 2 amide bonds. The van der Waals surface area contributed by atoms with Gasteiger partial charge in [0.1, 0.15) is 6.61 Å². The van der Waals surface area contributed by atoms with Crippen LogP contribution >= 0.6 is 0 Å². The van der Waals surface area contributed by atoms with E-state index in [4.69, 9.17) is 5.11 Å². The van der Waals surface area contributed by atoms with Gasteiger partial charge in [0, 0.05) is 26.0 Å². The summed E-state index contributed by atoms with van der Waals surface area (Å²) < 4.78 is 0. The van der Waals surface area contributed by atoms with Crippen LogP contribution in [0.2, 0.25) is 0 Å². The molecule has 6 heteroatoms. The number of carbonyl (C=O) groups excluding carboxylic acids is 2. The monoisotopic (exact) mass is 289 g/mol. The van der Waals surface area contributed by atoms with Crippen LogP contribution in [0.25, 0.3) is 0 Å². The molecule has 6 nitrogen and oxygen atoms in total. The Balaban J connectivity index is 2.84. The minimum absolute atomic E-state index is 0.155. The van der Waals surface area contributed by atoms with Gasteiger partial charge in [-0.3, -0.25) is 14.6 Å². The zero-order valence-corrected chi connectivity index (χ0v) is 12.4. The van der Waals surface area contributed by atoms with Crippen molar-refractivity contribution in [2.75, 3.05) is 20.2 Å². The Labute approximate surface area is 124 Å². The van der Waals surface area contributed by atoms with Crippen molar-refractivity contribution in [1.29, 1.82) is 0 Å². The largest absolute Gasteiger partial charge is 0.384 e. The summed E-state index contributed by atoms with van der Waals surface area (Å²) in [4.78, 5) is 27.8. The molecule has 21 heavy (non-hydrogen) atoms. The first-order valence-corrected chi connectivity index (χ1v) is 6.46. The first-order chi connectivity index (χ1) is 9.92. The Bertz CT molecular complexity index is 585. The summed E-state index contributed by atoms with van der Waals surface area (Å²) in [7, 11) is 1.55. The fraction of sp³-hybridized carbons (Fsp3) is 0.400. The molecule has 0 spiro atoms. The molecule has 0 atom stereocenters. The molecule has 0 saturated heterocycles. The second-order valence-corrected chi connectivity index (χ2v) is 5.03. The molecule has 0 aliphatic heterocycles. The van der Waals surface area contributed by atoms with Gasteiger partial charge in [0.2, 0.25) is 5.91 Å². The first kappa shape index (κ1) is 16.7. The molecule has 0 saturated carbocycles. The lowest BCUT2D eigenvalue weighted by Gasteiger charge is -2.22. The van der Waals surface area contributed by atoms with Gasteiger partial charge in [-0.05, 0) is 19.9 Å². The van der Waals surface area contributed by atoms with Crippen LogP contribution in [0, 0.1) is 17.3 Å². The van der Waals surface area contributed by atoms with E-state index >= 15 is 0 Å². The standard InChI is InChI=1S/C15H19N3O3/c1-15(2,14(21)16-3)10-18-13(20)12-6-7-17-9-11(12)5-4-8-19/h6-7,9,19H,8,10H2,1-3H3,(H,16,21)(H,18,20). The van der Waals surface area contributed by atoms with E-state index in [1.807, 2.05) is 0 Å². The van der Waals surface area contributed by atoms with E-state index in [0.717, 1.165) is 0 Å². The summed E-state index contributed by atoms with van der Waals surface area (Å²) in [6.07, 6.45) is 2.95. The van der Waals surface area contributed by atoms with E-state index in [9.17, 15) is 9.59 Å². The number of hydrogen-bond donors (Lipinski definition) is 3. The van der Waals surface area contributed by atoms with Crippen LogP contribution in [-0.2, 0) is 4.79 Å². The Hall–Kier alpha value is -2.39. The second-order valence-electron chi connectivity index (χ2n) is 5.03. The Kier molecular flexibility index (Phi) is 5.88. The number of aromatic nitrogens is 1. The summed E-state index contributed by atoms with van der Waals surface area (Å²) >= 11 is 0. The highest BCUT2D eigenvalue weighted by atomic mass is 16.2. The van der Waals surface area contributed by atoms with Crippen molar-refractivity contribution in [2.45, 2.75) is 13.8 Å². The minimum atomic E-state index is -0.714. The Morgan fingerprint density at radius 1 is 1.43 bits per heavy atom. The predicted molar refractivity (Wildman–Crippen MR) is 78.4 cm³/mol. The third-order valence-corrected chi connectivity index (χ3v) is 2.90. The molecule has 1 rings (SSSR count). The topological polar surface area (TPSA) is 91.3 Å². The molecular weight excluding hydrogens is 270 g/mol. The Morgan fingerprint density at radius 2 is 2.14 bits per heavy atom. The third kappa shape index (κ3) is 4.58. The highest BCUT2D eigenvalue weighted by molar-refractivity contribution is 5.97. The number of pyridine rings is 1. The summed E-state index contributed by atoms with van der Waals surface area (Å²) in [5, 5.41) is 14.0. The average Bonchev–Trinajstić information content (AvgIpc) is 2.50. The van der Waals surface area contributed by atoms with Crippen LogP contribution in [0.15, 0.2) is 18.5 Å². The van der Waals surface area contributed by atoms with Crippen LogP contribution in [-0.4, -0.2) is 42.1 Å². The highest BCUT2D eigenvalue weighted by Gasteiger charge is 2.27. The maximum Gasteiger partial charge on any atom is 0.252 e. The molecule has 0 aliphatic carbocycles. The highest BCUT2D eigenvalue weighted by Crippen LogP contribution is 2.14. The molecule has 3 N–H and O–H groups in total. The molecule has 112 valence electrons. The molecule has 0 aromatic carbocycles. The van der Waals surface area contributed by atoms with Crippen molar-refractivity contribution in [3.63, 3.8) is 0 Å². The maximum atomic E-state index is 12.2. The van der Waals surface area contributed by atoms with Crippen molar-refractivity contribution < 1.29 is 14.7 Å². The SMILES string of the molecule is CNC(=O)C(C)(C)CNC(=O)c1ccncc1C#CCO. The molecule has 0 radical (unpaired) electrons. The fourth-order valence-electron chi connectivity index (χ4n) is 1.64. The summed E-state index contributed by atoms with van der Waals surface area (Å²) in [5.41, 5.74) is 0.0782. The molecule has 0 unspecified atom stereocenters. The normalized spacial score (nSPS) is 10.3. The lowest BCUT2D eigenvalue weighted by atomic mass is 9.92. The number of carbonyl (C=O) groups is 2. The van der Waals surface area contributed by atoms with E-state index in [-0.39, 0.29) is 25.0 Å². The van der Waals surface area contributed by atoms with Crippen LogP contribution < -0.4 is 10.6 Å². The summed E-state index contributed by atoms with van der Waals surface area (Å²) in [5.74, 6) is 4.66. The molecule has 0 aliphatic rings. The van der Waals surface area contributed by atoms with Gasteiger partial charge in [0.15, 0.2) is 0 Å². The van der Waals surface area contributed by atoms with Gasteiger partial charge in [-0.2, -0.15) is 0 Å². The van der Waals surface area contributed by atoms with E-state index in [0.29, 0.717) is 11.1 Å². The van der Waals surface area contributed by atoms with Crippen LogP contribution in [0.1, 0.15) is 29.8 Å². The van der Waals surface area contributed by atoms with E-state index in [1.54, 1.807) is 27.0 Å². The second kappa shape index (κ2) is 7.41. The quantitative estimate of drug-likeness (QED) is 0.677. The number of hydrogen-bond acceptors (Lipinski definition) is 4. The molecule has 1 aromatic heterocycles. The van der Waals surface area contributed by atoms with Crippen molar-refractivity contribution in [1.82, 2.24) is 15.6 Å². The number of nitrogens with one attached hydrogen (secondary N) is 2. The van der Waals surface area contributed by atoms with Gasteiger partial charge >= 0.3 is 0 Å². The zero-order chi connectivity index (χ0) is 15.9. The number of nitrogens with zero attached hydrogens (tertiary/aromatic N) is 1. The van der Waals surface area contributed by atoms with Gasteiger partial charge in [0.05, 0.1) is 16.5 Å². The van der Waals surface area contributed by atoms with Gasteiger partial charge in [0.25, 0.3) is 5.91 Å². The van der Waals surface area contributed by atoms with E-state index in [2.05, 4.69) is 27.5 Å². The van der Waals surface area contributed by atoms with Crippen LogP contribution in [0.3, 0.4) is 0 Å². The number of aliphatic hydroxyl groups excluding tert-OH is 1. The lowest BCUT2D eigenvalue weighted by molar-refractivity contribution is -0.128. The number of aliphatic hydroxyl groups is 1. The summed E-state index contributed by atoms with van der Waals surface area (Å²) in [6.45, 7) is 3.39. The Morgan fingerprint density at radius 3 is 2.76 bits per heavy atom. The zero-order valence-electron chi connectivity index (χ0n) is 12.4. The van der Waals surface area contributed by atoms with Gasteiger partial charge < -0.3 is 15.7 Å². The number of rotatable bonds is 4. The van der Waals surface area contributed by atoms with Crippen LogP contribution in [0.5, 0.6) is 0 Å². The van der Waals surface area contributed by atoms with Gasteiger partial charge in [-0.25, -0.2) is 0 Å². The van der Waals surface area contributed by atoms with Crippen LogP contribution in [0.4, 0.5) is 0 Å². The molecule has 0 bridgehead atoms. The molecule has 1 aromatic rings. The molecule has 1 heterocycles.